The van der Waals surface area contributed by atoms with Crippen LogP contribution < -0.4 is 10.2 Å². The molecule has 25 heavy (non-hydrogen) atoms. The molecule has 1 heterocycles. The Bertz CT molecular complexity index is 701. The first-order valence-corrected chi connectivity index (χ1v) is 8.55. The number of rotatable bonds is 5. The molecule has 0 unspecified atom stereocenters. The summed E-state index contributed by atoms with van der Waals surface area (Å²) in [4.78, 5) is 25.6. The van der Waals surface area contributed by atoms with Crippen molar-refractivity contribution in [2.75, 3.05) is 23.4 Å². The van der Waals surface area contributed by atoms with Gasteiger partial charge in [0.25, 0.3) is 0 Å². The Labute approximate surface area is 148 Å². The van der Waals surface area contributed by atoms with Gasteiger partial charge in [0, 0.05) is 0 Å². The van der Waals surface area contributed by atoms with E-state index in [1.54, 1.807) is 6.07 Å². The molecule has 1 N–H and O–H groups in total. The molecule has 0 spiro atoms. The lowest BCUT2D eigenvalue weighted by Crippen LogP contribution is -2.42. The Hall–Kier alpha value is -2.66. The lowest BCUT2D eigenvalue weighted by molar-refractivity contribution is -0.122. The highest BCUT2D eigenvalue weighted by Crippen LogP contribution is 2.29. The third-order valence-corrected chi connectivity index (χ3v) is 3.64. The molecule has 0 radical (unpaired) electrons. The van der Waals surface area contributed by atoms with Crippen molar-refractivity contribution in [3.8, 4) is 0 Å². The number of fused-ring (bicyclic) bond motifs is 1. The summed E-state index contributed by atoms with van der Waals surface area (Å²) in [6, 6.07) is 17.1. The maximum Gasteiger partial charge on any atom is 0.244 e. The van der Waals surface area contributed by atoms with Crippen LogP contribution in [0.3, 0.4) is 0 Å². The summed E-state index contributed by atoms with van der Waals surface area (Å²) in [6.45, 7) is 4.85. The highest BCUT2D eigenvalue weighted by Gasteiger charge is 2.26. The fourth-order valence-corrected chi connectivity index (χ4v) is 2.51. The Morgan fingerprint density at radius 2 is 1.76 bits per heavy atom. The molecule has 0 aliphatic carbocycles. The fraction of sp³-hybridized carbons (Fsp3) is 0.300. The minimum atomic E-state index is -0.178. The summed E-state index contributed by atoms with van der Waals surface area (Å²) in [7, 11) is 0. The Morgan fingerprint density at radius 3 is 2.52 bits per heavy atom. The normalized spacial score (nSPS) is 12.6. The second-order valence-electron chi connectivity index (χ2n) is 5.33. The lowest BCUT2D eigenvalue weighted by atomic mass is 10.2. The van der Waals surface area contributed by atoms with Crippen molar-refractivity contribution in [1.82, 2.24) is 0 Å². The van der Waals surface area contributed by atoms with Gasteiger partial charge in [-0.05, 0) is 17.7 Å². The highest BCUT2D eigenvalue weighted by molar-refractivity contribution is 6.09. The van der Waals surface area contributed by atoms with Crippen molar-refractivity contribution >= 4 is 23.2 Å². The average Bonchev–Trinajstić information content (AvgIpc) is 2.67. The Balaban J connectivity index is 0.00000109. The van der Waals surface area contributed by atoms with Gasteiger partial charge < -0.3 is 15.0 Å². The molecule has 0 aromatic heterocycles. The molecule has 0 bridgehead atoms. The fourth-order valence-electron chi connectivity index (χ4n) is 2.51. The van der Waals surface area contributed by atoms with Gasteiger partial charge in [0.15, 0.2) is 0 Å². The number of hydrogen-bond acceptors (Lipinski definition) is 3. The van der Waals surface area contributed by atoms with Gasteiger partial charge in [-0.25, -0.2) is 0 Å². The first-order chi connectivity index (χ1) is 12.2. The molecule has 2 aromatic carbocycles. The second kappa shape index (κ2) is 9.59. The smallest absolute Gasteiger partial charge is 0.244 e. The van der Waals surface area contributed by atoms with E-state index >= 15 is 0 Å². The topological polar surface area (TPSA) is 58.6 Å². The summed E-state index contributed by atoms with van der Waals surface area (Å²) in [5.74, 6) is -0.289. The van der Waals surface area contributed by atoms with E-state index in [-0.39, 0.29) is 24.8 Å². The van der Waals surface area contributed by atoms with Crippen molar-refractivity contribution in [2.24, 2.45) is 0 Å². The van der Waals surface area contributed by atoms with E-state index < -0.39 is 0 Å². The second-order valence-corrected chi connectivity index (χ2v) is 5.33. The molecule has 5 heteroatoms. The number of carbonyl (C=O) groups excluding carboxylic acids is 2. The van der Waals surface area contributed by atoms with E-state index in [2.05, 4.69) is 5.32 Å². The van der Waals surface area contributed by atoms with E-state index in [1.165, 1.54) is 4.90 Å². The number of nitrogens with zero attached hydrogens (tertiary/aromatic N) is 1. The number of anilines is 2. The number of ether oxygens (including phenoxy) is 1. The largest absolute Gasteiger partial charge is 0.376 e. The first-order valence-electron chi connectivity index (χ1n) is 8.55. The number of nitrogens with one attached hydrogen (secondary N) is 1. The predicted octanol–water partition coefficient (Wildman–Crippen LogP) is 3.60. The van der Waals surface area contributed by atoms with Crippen LogP contribution in [-0.2, 0) is 20.9 Å². The lowest BCUT2D eigenvalue weighted by Gasteiger charge is -2.29. The summed E-state index contributed by atoms with van der Waals surface area (Å²) >= 11 is 0. The number of carbonyl (C=O) groups is 2. The molecular weight excluding hydrogens is 316 g/mol. The van der Waals surface area contributed by atoms with Crippen LogP contribution in [-0.4, -0.2) is 25.0 Å². The summed E-state index contributed by atoms with van der Waals surface area (Å²) in [6.07, 6.45) is 0.244. The average molecular weight is 340 g/mol. The number of benzene rings is 2. The molecular formula is C20H24N2O3. The Morgan fingerprint density at radius 1 is 1.08 bits per heavy atom. The van der Waals surface area contributed by atoms with Crippen molar-refractivity contribution in [3.63, 3.8) is 0 Å². The van der Waals surface area contributed by atoms with Gasteiger partial charge in [-0.2, -0.15) is 0 Å². The highest BCUT2D eigenvalue weighted by atomic mass is 16.5. The van der Waals surface area contributed by atoms with Gasteiger partial charge in [0.05, 0.1) is 31.0 Å². The van der Waals surface area contributed by atoms with Crippen LogP contribution in [0.1, 0.15) is 25.8 Å². The maximum absolute atomic E-state index is 12.4. The maximum atomic E-state index is 12.4. The molecule has 0 saturated heterocycles. The molecule has 0 atom stereocenters. The molecule has 3 rings (SSSR count). The molecule has 1 aliphatic rings. The van der Waals surface area contributed by atoms with Gasteiger partial charge in [0.1, 0.15) is 6.54 Å². The third-order valence-electron chi connectivity index (χ3n) is 3.64. The van der Waals surface area contributed by atoms with Crippen LogP contribution in [0, 0.1) is 0 Å². The molecule has 2 aromatic rings. The van der Waals surface area contributed by atoms with Gasteiger partial charge in [-0.1, -0.05) is 56.3 Å². The molecule has 1 aliphatic heterocycles. The van der Waals surface area contributed by atoms with Gasteiger partial charge in [-0.15, -0.1) is 0 Å². The zero-order chi connectivity index (χ0) is 18.1. The summed E-state index contributed by atoms with van der Waals surface area (Å²) < 4.78 is 5.55. The van der Waals surface area contributed by atoms with Crippen molar-refractivity contribution < 1.29 is 14.3 Å². The van der Waals surface area contributed by atoms with Crippen LogP contribution in [0.4, 0.5) is 11.4 Å². The molecule has 132 valence electrons. The monoisotopic (exact) mass is 340 g/mol. The van der Waals surface area contributed by atoms with E-state index in [0.29, 0.717) is 18.9 Å². The van der Waals surface area contributed by atoms with Crippen molar-refractivity contribution in [2.45, 2.75) is 26.9 Å². The molecule has 2 amide bonds. The Kier molecular flexibility index (Phi) is 7.16. The SMILES string of the molecule is CC.O=C1CN(C(=O)CCOCc2ccccc2)c2ccccc2N1. The van der Waals surface area contributed by atoms with Crippen LogP contribution in [0.2, 0.25) is 0 Å². The van der Waals surface area contributed by atoms with E-state index in [0.717, 1.165) is 11.3 Å². The van der Waals surface area contributed by atoms with E-state index in [1.807, 2.05) is 62.4 Å². The molecule has 0 saturated carbocycles. The summed E-state index contributed by atoms with van der Waals surface area (Å²) in [5.41, 5.74) is 2.48. The minimum Gasteiger partial charge on any atom is -0.376 e. The summed E-state index contributed by atoms with van der Waals surface area (Å²) in [5, 5.41) is 2.77. The van der Waals surface area contributed by atoms with Crippen LogP contribution >= 0.6 is 0 Å². The predicted molar refractivity (Wildman–Crippen MR) is 99.5 cm³/mol. The number of hydrogen-bond donors (Lipinski definition) is 1. The van der Waals surface area contributed by atoms with Crippen LogP contribution in [0.5, 0.6) is 0 Å². The number of para-hydroxylation sites is 2. The molecule has 5 nitrogen and oxygen atoms in total. The van der Waals surface area contributed by atoms with Crippen molar-refractivity contribution in [3.05, 3.63) is 60.2 Å². The van der Waals surface area contributed by atoms with Crippen LogP contribution in [0.25, 0.3) is 0 Å². The third kappa shape index (κ3) is 5.16. The van der Waals surface area contributed by atoms with Crippen molar-refractivity contribution in [1.29, 1.82) is 0 Å². The van der Waals surface area contributed by atoms with E-state index in [4.69, 9.17) is 4.74 Å². The van der Waals surface area contributed by atoms with E-state index in [9.17, 15) is 9.59 Å². The van der Waals surface area contributed by atoms with Gasteiger partial charge in [0.2, 0.25) is 11.8 Å². The zero-order valence-corrected chi connectivity index (χ0v) is 14.7. The van der Waals surface area contributed by atoms with Gasteiger partial charge >= 0.3 is 0 Å². The molecule has 0 fully saturated rings. The minimum absolute atomic E-state index is 0.0501. The van der Waals surface area contributed by atoms with Crippen LogP contribution in [0.15, 0.2) is 54.6 Å². The first kappa shape index (κ1) is 18.7. The quantitative estimate of drug-likeness (QED) is 0.846. The van der Waals surface area contributed by atoms with Gasteiger partial charge in [-0.3, -0.25) is 9.59 Å². The standard InChI is InChI=1S/C18H18N2O3.C2H6/c21-17-12-20(16-9-5-4-8-15(16)19-17)18(22)10-11-23-13-14-6-2-1-3-7-14;1-2/h1-9H,10-13H2,(H,19,21);1-2H3. The number of amides is 2. The zero-order valence-electron chi connectivity index (χ0n) is 14.7.